The van der Waals surface area contributed by atoms with Crippen molar-refractivity contribution in [2.75, 3.05) is 27.8 Å². The van der Waals surface area contributed by atoms with Crippen LogP contribution in [0.25, 0.3) is 0 Å². The minimum Gasteiger partial charge on any atom is -0.376 e. The van der Waals surface area contributed by atoms with Crippen molar-refractivity contribution in [3.05, 3.63) is 47.5 Å². The Morgan fingerprint density at radius 2 is 1.38 bits per heavy atom. The Bertz CT molecular complexity index is 909. The molecule has 0 saturated carbocycles. The summed E-state index contributed by atoms with van der Waals surface area (Å²) in [6, 6.07) is 10.9. The zero-order valence-electron chi connectivity index (χ0n) is 17.3. The lowest BCUT2D eigenvalue weighted by Gasteiger charge is -2.14. The summed E-state index contributed by atoms with van der Waals surface area (Å²) in [7, 11) is 0. The highest BCUT2D eigenvalue weighted by Crippen LogP contribution is 2.24. The summed E-state index contributed by atoms with van der Waals surface area (Å²) in [5.74, 6) is -0.360. The number of aryl methyl sites for hydroxylation is 1. The Morgan fingerprint density at radius 3 is 2.03 bits per heavy atom. The summed E-state index contributed by atoms with van der Waals surface area (Å²) in [5, 5.41) is 11.6. The molecule has 3 amide bonds. The normalized spacial score (nSPS) is 10.2. The molecule has 0 radical (unpaired) electrons. The average Bonchev–Trinajstić information content (AvgIpc) is 2.70. The highest BCUT2D eigenvalue weighted by Gasteiger charge is 2.09. The maximum Gasteiger partial charge on any atom is 0.243 e. The van der Waals surface area contributed by atoms with Crippen molar-refractivity contribution in [3.8, 4) is 0 Å². The molecule has 0 aromatic heterocycles. The Kier molecular flexibility index (Phi) is 7.77. The number of carbonyl (C=O) groups is 3. The SMILES string of the molecule is CCC(=O)Nc1cc(NC(=O)CNc2cccc(NC(=O)CC)c2C)ccc1C. The smallest absolute Gasteiger partial charge is 0.243 e. The molecule has 4 N–H and O–H groups in total. The summed E-state index contributed by atoms with van der Waals surface area (Å²) >= 11 is 0. The molecule has 0 aliphatic carbocycles. The van der Waals surface area contributed by atoms with Gasteiger partial charge in [-0.15, -0.1) is 0 Å². The maximum atomic E-state index is 12.4. The van der Waals surface area contributed by atoms with E-state index in [0.717, 1.165) is 22.5 Å². The number of amides is 3. The number of rotatable bonds is 8. The summed E-state index contributed by atoms with van der Waals surface area (Å²) in [6.07, 6.45) is 0.786. The van der Waals surface area contributed by atoms with Gasteiger partial charge in [0.25, 0.3) is 0 Å². The van der Waals surface area contributed by atoms with E-state index in [9.17, 15) is 14.4 Å². The lowest BCUT2D eigenvalue weighted by atomic mass is 10.1. The summed E-state index contributed by atoms with van der Waals surface area (Å²) in [5.41, 5.74) is 4.56. The number of carbonyl (C=O) groups excluding carboxylic acids is 3. The van der Waals surface area contributed by atoms with E-state index in [-0.39, 0.29) is 24.3 Å². The van der Waals surface area contributed by atoms with Crippen LogP contribution < -0.4 is 21.3 Å². The molecule has 0 spiro atoms. The van der Waals surface area contributed by atoms with Gasteiger partial charge in [0, 0.05) is 35.6 Å². The van der Waals surface area contributed by atoms with E-state index < -0.39 is 0 Å². The molecule has 2 aromatic rings. The number of hydrogen-bond acceptors (Lipinski definition) is 4. The van der Waals surface area contributed by atoms with E-state index in [2.05, 4.69) is 21.3 Å². The second kappa shape index (κ2) is 10.3. The van der Waals surface area contributed by atoms with Crippen LogP contribution in [0.1, 0.15) is 37.8 Å². The predicted molar refractivity (Wildman–Crippen MR) is 117 cm³/mol. The average molecular weight is 396 g/mol. The zero-order chi connectivity index (χ0) is 21.4. The molecule has 0 unspecified atom stereocenters. The van der Waals surface area contributed by atoms with E-state index in [0.29, 0.717) is 24.2 Å². The summed E-state index contributed by atoms with van der Waals surface area (Å²) in [4.78, 5) is 35.6. The van der Waals surface area contributed by atoms with Gasteiger partial charge in [-0.25, -0.2) is 0 Å². The van der Waals surface area contributed by atoms with Gasteiger partial charge < -0.3 is 21.3 Å². The molecule has 2 aromatic carbocycles. The van der Waals surface area contributed by atoms with Crippen LogP contribution in [0.3, 0.4) is 0 Å². The first-order chi connectivity index (χ1) is 13.8. The van der Waals surface area contributed by atoms with E-state index in [1.54, 1.807) is 26.0 Å². The predicted octanol–water partition coefficient (Wildman–Crippen LogP) is 4.05. The van der Waals surface area contributed by atoms with Gasteiger partial charge in [0.2, 0.25) is 17.7 Å². The van der Waals surface area contributed by atoms with Crippen LogP contribution in [-0.4, -0.2) is 24.3 Å². The van der Waals surface area contributed by atoms with Gasteiger partial charge in [0.15, 0.2) is 0 Å². The van der Waals surface area contributed by atoms with Gasteiger partial charge in [0.1, 0.15) is 0 Å². The van der Waals surface area contributed by atoms with Crippen LogP contribution in [0.15, 0.2) is 36.4 Å². The Hall–Kier alpha value is -3.35. The molecular weight excluding hydrogens is 368 g/mol. The Balaban J connectivity index is 2.00. The van der Waals surface area contributed by atoms with E-state index >= 15 is 0 Å². The topological polar surface area (TPSA) is 99.3 Å². The van der Waals surface area contributed by atoms with Crippen molar-refractivity contribution >= 4 is 40.5 Å². The van der Waals surface area contributed by atoms with Crippen molar-refractivity contribution < 1.29 is 14.4 Å². The molecule has 0 fully saturated rings. The highest BCUT2D eigenvalue weighted by atomic mass is 16.2. The van der Waals surface area contributed by atoms with Crippen molar-refractivity contribution in [2.45, 2.75) is 40.5 Å². The van der Waals surface area contributed by atoms with Gasteiger partial charge in [0.05, 0.1) is 6.54 Å². The van der Waals surface area contributed by atoms with Crippen molar-refractivity contribution in [1.82, 2.24) is 0 Å². The third-order valence-corrected chi connectivity index (χ3v) is 4.48. The first-order valence-electron chi connectivity index (χ1n) is 9.67. The van der Waals surface area contributed by atoms with Gasteiger partial charge in [-0.05, 0) is 49.2 Å². The fourth-order valence-electron chi connectivity index (χ4n) is 2.65. The van der Waals surface area contributed by atoms with Crippen LogP contribution in [0.2, 0.25) is 0 Å². The molecule has 0 bridgehead atoms. The number of benzene rings is 2. The van der Waals surface area contributed by atoms with E-state index in [4.69, 9.17) is 0 Å². The quantitative estimate of drug-likeness (QED) is 0.541. The number of nitrogens with one attached hydrogen (secondary N) is 4. The molecular formula is C22H28N4O3. The van der Waals surface area contributed by atoms with Gasteiger partial charge >= 0.3 is 0 Å². The van der Waals surface area contributed by atoms with Crippen LogP contribution in [0.5, 0.6) is 0 Å². The fourth-order valence-corrected chi connectivity index (χ4v) is 2.65. The standard InChI is InChI=1S/C22H28N4O3/c1-5-20(27)25-18-9-7-8-17(15(18)4)23-13-22(29)24-16-11-10-14(3)19(12-16)26-21(28)6-2/h7-12,23H,5-6,13H2,1-4H3,(H,24,29)(H,25,27)(H,26,28). The highest BCUT2D eigenvalue weighted by molar-refractivity contribution is 5.96. The molecule has 29 heavy (non-hydrogen) atoms. The molecule has 0 aliphatic rings. The third kappa shape index (κ3) is 6.34. The molecule has 2 rings (SSSR count). The third-order valence-electron chi connectivity index (χ3n) is 4.48. The largest absolute Gasteiger partial charge is 0.376 e. The van der Waals surface area contributed by atoms with Crippen molar-refractivity contribution in [3.63, 3.8) is 0 Å². The van der Waals surface area contributed by atoms with Gasteiger partial charge in [-0.2, -0.15) is 0 Å². The molecule has 7 heteroatoms. The number of hydrogen-bond donors (Lipinski definition) is 4. The first-order valence-corrected chi connectivity index (χ1v) is 9.67. The van der Waals surface area contributed by atoms with Crippen LogP contribution >= 0.6 is 0 Å². The van der Waals surface area contributed by atoms with Crippen LogP contribution in [-0.2, 0) is 14.4 Å². The first kappa shape index (κ1) is 21.9. The Labute approximate surface area is 171 Å². The minimum atomic E-state index is -0.219. The molecule has 7 nitrogen and oxygen atoms in total. The second-order valence-corrected chi connectivity index (χ2v) is 6.71. The van der Waals surface area contributed by atoms with Crippen LogP contribution in [0.4, 0.5) is 22.7 Å². The maximum absolute atomic E-state index is 12.4. The summed E-state index contributed by atoms with van der Waals surface area (Å²) < 4.78 is 0. The van der Waals surface area contributed by atoms with E-state index in [1.165, 1.54) is 0 Å². The van der Waals surface area contributed by atoms with Crippen LogP contribution in [0, 0.1) is 13.8 Å². The summed E-state index contributed by atoms with van der Waals surface area (Å²) in [6.45, 7) is 7.42. The van der Waals surface area contributed by atoms with Crippen molar-refractivity contribution in [2.24, 2.45) is 0 Å². The second-order valence-electron chi connectivity index (χ2n) is 6.71. The minimum absolute atomic E-state index is 0.0617. The van der Waals surface area contributed by atoms with Gasteiger partial charge in [-0.1, -0.05) is 26.0 Å². The van der Waals surface area contributed by atoms with Crippen molar-refractivity contribution in [1.29, 1.82) is 0 Å². The molecule has 0 aliphatic heterocycles. The fraction of sp³-hybridized carbons (Fsp3) is 0.318. The monoisotopic (exact) mass is 396 g/mol. The zero-order valence-corrected chi connectivity index (χ0v) is 17.3. The van der Waals surface area contributed by atoms with Gasteiger partial charge in [-0.3, -0.25) is 14.4 Å². The number of anilines is 4. The van der Waals surface area contributed by atoms with E-state index in [1.807, 2.05) is 38.1 Å². The molecule has 0 saturated heterocycles. The molecule has 154 valence electrons. The molecule has 0 atom stereocenters. The lowest BCUT2D eigenvalue weighted by molar-refractivity contribution is -0.116. The lowest BCUT2D eigenvalue weighted by Crippen LogP contribution is -2.22. The molecule has 0 heterocycles. The Morgan fingerprint density at radius 1 is 0.759 bits per heavy atom.